The molecule has 2 heterocycles. The van der Waals surface area contributed by atoms with Crippen LogP contribution in [0.4, 0.5) is 10.5 Å². The number of aryl methyl sites for hydroxylation is 1. The molecule has 1 saturated heterocycles. The Morgan fingerprint density at radius 1 is 1.19 bits per heavy atom. The van der Waals surface area contributed by atoms with Crippen LogP contribution in [0.3, 0.4) is 0 Å². The molecule has 2 amide bonds. The normalized spacial score (nSPS) is 16.0. The lowest BCUT2D eigenvalue weighted by atomic mass is 10.2. The molecule has 1 aromatic carbocycles. The molecule has 1 aromatic heterocycles. The zero-order chi connectivity index (χ0) is 18.5. The van der Waals surface area contributed by atoms with E-state index in [1.807, 2.05) is 31.1 Å². The quantitative estimate of drug-likeness (QED) is 0.895. The van der Waals surface area contributed by atoms with Crippen molar-refractivity contribution in [3.8, 4) is 0 Å². The molecule has 0 spiro atoms. The number of carbonyl (C=O) groups excluding carboxylic acids is 1. The van der Waals surface area contributed by atoms with E-state index in [0.717, 1.165) is 31.9 Å². The third-order valence-electron chi connectivity index (χ3n) is 4.88. The van der Waals surface area contributed by atoms with Gasteiger partial charge in [0, 0.05) is 38.4 Å². The first-order valence-electron chi connectivity index (χ1n) is 9.09. The highest BCUT2D eigenvalue weighted by Gasteiger charge is 2.23. The Balaban J connectivity index is 1.50. The first kappa shape index (κ1) is 18.3. The van der Waals surface area contributed by atoms with Gasteiger partial charge >= 0.3 is 6.03 Å². The summed E-state index contributed by atoms with van der Waals surface area (Å²) in [5.74, 6) is 0.861. The predicted octanol–water partition coefficient (Wildman–Crippen LogP) is 2.72. The second-order valence-electron chi connectivity index (χ2n) is 6.99. The number of rotatable bonds is 5. The van der Waals surface area contributed by atoms with Crippen molar-refractivity contribution < 1.29 is 9.21 Å². The van der Waals surface area contributed by atoms with Crippen LogP contribution in [-0.2, 0) is 0 Å². The highest BCUT2D eigenvalue weighted by molar-refractivity contribution is 5.74. The summed E-state index contributed by atoms with van der Waals surface area (Å²) in [5.41, 5.74) is 2.49. The molecule has 3 rings (SSSR count). The van der Waals surface area contributed by atoms with Gasteiger partial charge in [-0.25, -0.2) is 4.79 Å². The van der Waals surface area contributed by atoms with Crippen LogP contribution >= 0.6 is 0 Å². The molecule has 6 heteroatoms. The van der Waals surface area contributed by atoms with Gasteiger partial charge < -0.3 is 19.5 Å². The van der Waals surface area contributed by atoms with E-state index < -0.39 is 0 Å². The number of amides is 2. The van der Waals surface area contributed by atoms with Gasteiger partial charge in [-0.05, 0) is 50.8 Å². The number of furan rings is 1. The molecule has 0 bridgehead atoms. The van der Waals surface area contributed by atoms with Crippen LogP contribution in [0.5, 0.6) is 0 Å². The van der Waals surface area contributed by atoms with Crippen LogP contribution in [0.1, 0.15) is 17.4 Å². The molecule has 6 nitrogen and oxygen atoms in total. The molecule has 140 valence electrons. The Bertz CT molecular complexity index is 706. The highest BCUT2D eigenvalue weighted by Crippen LogP contribution is 2.19. The monoisotopic (exact) mass is 356 g/mol. The fourth-order valence-corrected chi connectivity index (χ4v) is 3.31. The van der Waals surface area contributed by atoms with E-state index in [2.05, 4.69) is 46.3 Å². The average molecular weight is 356 g/mol. The van der Waals surface area contributed by atoms with Crippen LogP contribution in [0.2, 0.25) is 0 Å². The molecule has 1 unspecified atom stereocenters. The summed E-state index contributed by atoms with van der Waals surface area (Å²) in [6.07, 6.45) is 1.66. The Hall–Kier alpha value is -2.47. The number of likely N-dealkylation sites (N-methyl/N-ethyl adjacent to an activating group) is 1. The van der Waals surface area contributed by atoms with Gasteiger partial charge in [0.2, 0.25) is 0 Å². The van der Waals surface area contributed by atoms with Gasteiger partial charge in [0.1, 0.15) is 5.76 Å². The molecule has 1 aliphatic heterocycles. The summed E-state index contributed by atoms with van der Waals surface area (Å²) in [4.78, 5) is 18.8. The predicted molar refractivity (Wildman–Crippen MR) is 103 cm³/mol. The van der Waals surface area contributed by atoms with Crippen molar-refractivity contribution in [3.05, 3.63) is 54.0 Å². The van der Waals surface area contributed by atoms with Gasteiger partial charge in [-0.15, -0.1) is 0 Å². The molecule has 2 aromatic rings. The smallest absolute Gasteiger partial charge is 0.317 e. The largest absolute Gasteiger partial charge is 0.468 e. The standard InChI is InChI=1S/C20H28N4O2/c1-16-6-4-7-17(14-16)23-9-11-24(12-10-23)20(25)21-15-18(22(2)3)19-8-5-13-26-19/h4-8,13-14,18H,9-12,15H2,1-3H3,(H,21,25). The van der Waals surface area contributed by atoms with Crippen molar-refractivity contribution in [2.45, 2.75) is 13.0 Å². The molecule has 0 saturated carbocycles. The van der Waals surface area contributed by atoms with E-state index in [1.54, 1.807) is 6.26 Å². The van der Waals surface area contributed by atoms with Crippen molar-refractivity contribution in [2.75, 3.05) is 51.7 Å². The van der Waals surface area contributed by atoms with E-state index in [0.29, 0.717) is 6.54 Å². The first-order valence-corrected chi connectivity index (χ1v) is 9.09. The highest BCUT2D eigenvalue weighted by atomic mass is 16.3. The average Bonchev–Trinajstić information content (AvgIpc) is 3.16. The van der Waals surface area contributed by atoms with Crippen LogP contribution in [0, 0.1) is 6.92 Å². The Kier molecular flexibility index (Phi) is 5.83. The number of urea groups is 1. The molecule has 1 fully saturated rings. The van der Waals surface area contributed by atoms with Gasteiger partial charge in [0.15, 0.2) is 0 Å². The number of benzene rings is 1. The van der Waals surface area contributed by atoms with Gasteiger partial charge in [0.25, 0.3) is 0 Å². The lowest BCUT2D eigenvalue weighted by Crippen LogP contribution is -2.52. The zero-order valence-corrected chi connectivity index (χ0v) is 15.8. The van der Waals surface area contributed by atoms with E-state index in [4.69, 9.17) is 4.42 Å². The minimum Gasteiger partial charge on any atom is -0.468 e. The minimum absolute atomic E-state index is 0.00713. The Labute approximate surface area is 155 Å². The second-order valence-corrected chi connectivity index (χ2v) is 6.99. The SMILES string of the molecule is Cc1cccc(N2CCN(C(=O)NCC(c3ccco3)N(C)C)CC2)c1. The fourth-order valence-electron chi connectivity index (χ4n) is 3.31. The van der Waals surface area contributed by atoms with Crippen LogP contribution in [0.15, 0.2) is 47.1 Å². The van der Waals surface area contributed by atoms with E-state index >= 15 is 0 Å². The van der Waals surface area contributed by atoms with Crippen LogP contribution in [0.25, 0.3) is 0 Å². The van der Waals surface area contributed by atoms with Crippen LogP contribution < -0.4 is 10.2 Å². The number of hydrogen-bond acceptors (Lipinski definition) is 4. The van der Waals surface area contributed by atoms with Gasteiger partial charge in [-0.2, -0.15) is 0 Å². The third kappa shape index (κ3) is 4.38. The molecule has 1 atom stereocenters. The number of nitrogens with zero attached hydrogens (tertiary/aromatic N) is 3. The van der Waals surface area contributed by atoms with Crippen molar-refractivity contribution in [2.24, 2.45) is 0 Å². The maximum absolute atomic E-state index is 12.5. The molecule has 26 heavy (non-hydrogen) atoms. The summed E-state index contributed by atoms with van der Waals surface area (Å²) in [5, 5.41) is 3.05. The summed E-state index contributed by atoms with van der Waals surface area (Å²) in [6, 6.07) is 12.4. The summed E-state index contributed by atoms with van der Waals surface area (Å²) < 4.78 is 5.49. The number of hydrogen-bond donors (Lipinski definition) is 1. The van der Waals surface area contributed by atoms with Crippen LogP contribution in [-0.4, -0.2) is 62.7 Å². The number of nitrogens with one attached hydrogen (secondary N) is 1. The zero-order valence-electron chi connectivity index (χ0n) is 15.8. The lowest BCUT2D eigenvalue weighted by Gasteiger charge is -2.36. The third-order valence-corrected chi connectivity index (χ3v) is 4.88. The number of piperazine rings is 1. The van der Waals surface area contributed by atoms with E-state index in [-0.39, 0.29) is 12.1 Å². The topological polar surface area (TPSA) is 52.0 Å². The Morgan fingerprint density at radius 3 is 2.58 bits per heavy atom. The molecule has 1 N–H and O–H groups in total. The maximum atomic E-state index is 12.5. The molecular weight excluding hydrogens is 328 g/mol. The van der Waals surface area contributed by atoms with E-state index in [9.17, 15) is 4.79 Å². The summed E-state index contributed by atoms with van der Waals surface area (Å²) in [7, 11) is 3.97. The van der Waals surface area contributed by atoms with Gasteiger partial charge in [-0.1, -0.05) is 12.1 Å². The first-order chi connectivity index (χ1) is 12.5. The van der Waals surface area contributed by atoms with Crippen molar-refractivity contribution in [1.82, 2.24) is 15.1 Å². The molecule has 0 radical (unpaired) electrons. The summed E-state index contributed by atoms with van der Waals surface area (Å²) >= 11 is 0. The second kappa shape index (κ2) is 8.27. The van der Waals surface area contributed by atoms with Crippen molar-refractivity contribution in [1.29, 1.82) is 0 Å². The molecule has 0 aliphatic carbocycles. The Morgan fingerprint density at radius 2 is 1.96 bits per heavy atom. The molecule has 1 aliphatic rings. The van der Waals surface area contributed by atoms with Crippen molar-refractivity contribution in [3.63, 3.8) is 0 Å². The lowest BCUT2D eigenvalue weighted by molar-refractivity contribution is 0.186. The minimum atomic E-state index is -0.00713. The number of carbonyl (C=O) groups is 1. The van der Waals surface area contributed by atoms with E-state index in [1.165, 1.54) is 11.3 Å². The summed E-state index contributed by atoms with van der Waals surface area (Å²) in [6.45, 7) is 5.80. The number of anilines is 1. The fraction of sp³-hybridized carbons (Fsp3) is 0.450. The molecular formula is C20H28N4O2. The van der Waals surface area contributed by atoms with Crippen molar-refractivity contribution >= 4 is 11.7 Å². The van der Waals surface area contributed by atoms with Gasteiger partial charge in [0.05, 0.1) is 12.3 Å². The maximum Gasteiger partial charge on any atom is 0.317 e. The van der Waals surface area contributed by atoms with Gasteiger partial charge in [-0.3, -0.25) is 4.90 Å².